The Hall–Kier alpha value is -0.700. The van der Waals surface area contributed by atoms with Crippen molar-refractivity contribution in [2.24, 2.45) is 0 Å². The van der Waals surface area contributed by atoms with Gasteiger partial charge in [-0.2, -0.15) is 0 Å². The summed E-state index contributed by atoms with van der Waals surface area (Å²) in [5.74, 6) is -0.949. The van der Waals surface area contributed by atoms with E-state index in [4.69, 9.17) is 11.6 Å². The molecule has 0 saturated heterocycles. The van der Waals surface area contributed by atoms with Gasteiger partial charge in [0.2, 0.25) is 0 Å². The van der Waals surface area contributed by atoms with Crippen LogP contribution in [0, 0.1) is 12.7 Å². The summed E-state index contributed by atoms with van der Waals surface area (Å²) < 4.78 is 37.0. The molecular weight excluding hydrogens is 189 g/mol. The molecule has 0 aliphatic carbocycles. The molecule has 0 radical (unpaired) electrons. The molecule has 0 saturated carbocycles. The first kappa shape index (κ1) is 9.39. The van der Waals surface area contributed by atoms with Crippen molar-refractivity contribution in [1.82, 2.24) is 0 Å². The molecule has 0 amide bonds. The fraction of sp³-hybridized carbons (Fsp3) is 0.250. The van der Waals surface area contributed by atoms with Crippen molar-refractivity contribution in [2.45, 2.75) is 13.3 Å². The highest BCUT2D eigenvalue weighted by molar-refractivity contribution is 6.31. The number of halogens is 4. The first-order chi connectivity index (χ1) is 5.52. The molecule has 12 heavy (non-hydrogen) atoms. The Morgan fingerprint density at radius 1 is 1.33 bits per heavy atom. The SMILES string of the molecule is Cc1cc(F)c(C(F)F)c(Cl)c1. The van der Waals surface area contributed by atoms with E-state index in [1.165, 1.54) is 6.07 Å². The largest absolute Gasteiger partial charge is 0.268 e. The van der Waals surface area contributed by atoms with Gasteiger partial charge in [-0.1, -0.05) is 11.6 Å². The molecule has 4 heteroatoms. The first-order valence-electron chi connectivity index (χ1n) is 3.26. The number of aryl methyl sites for hydroxylation is 1. The predicted molar refractivity (Wildman–Crippen MR) is 41.1 cm³/mol. The van der Waals surface area contributed by atoms with E-state index in [-0.39, 0.29) is 5.02 Å². The Labute approximate surface area is 73.0 Å². The number of rotatable bonds is 1. The fourth-order valence-corrected chi connectivity index (χ4v) is 1.26. The van der Waals surface area contributed by atoms with Crippen LogP contribution in [0.15, 0.2) is 12.1 Å². The Kier molecular flexibility index (Phi) is 2.62. The summed E-state index contributed by atoms with van der Waals surface area (Å²) >= 11 is 5.41. The summed E-state index contributed by atoms with van der Waals surface area (Å²) in [6.07, 6.45) is -2.86. The normalized spacial score (nSPS) is 10.8. The number of alkyl halides is 2. The number of benzene rings is 1. The van der Waals surface area contributed by atoms with Crippen LogP contribution in [0.25, 0.3) is 0 Å². The molecule has 0 fully saturated rings. The second kappa shape index (κ2) is 3.35. The van der Waals surface area contributed by atoms with E-state index in [0.29, 0.717) is 5.56 Å². The van der Waals surface area contributed by atoms with Gasteiger partial charge in [0.05, 0.1) is 10.6 Å². The van der Waals surface area contributed by atoms with Crippen molar-refractivity contribution >= 4 is 11.6 Å². The van der Waals surface area contributed by atoms with Gasteiger partial charge in [0, 0.05) is 0 Å². The lowest BCUT2D eigenvalue weighted by atomic mass is 10.1. The van der Waals surface area contributed by atoms with E-state index in [1.807, 2.05) is 0 Å². The molecule has 0 atom stereocenters. The van der Waals surface area contributed by atoms with E-state index in [9.17, 15) is 13.2 Å². The van der Waals surface area contributed by atoms with E-state index in [1.54, 1.807) is 6.92 Å². The molecule has 1 aromatic carbocycles. The van der Waals surface area contributed by atoms with Crippen LogP contribution in [0.4, 0.5) is 13.2 Å². The molecule has 0 heterocycles. The summed E-state index contributed by atoms with van der Waals surface area (Å²) in [6, 6.07) is 2.35. The average molecular weight is 195 g/mol. The molecule has 0 aliphatic rings. The minimum Gasteiger partial charge on any atom is -0.206 e. The number of hydrogen-bond donors (Lipinski definition) is 0. The lowest BCUT2D eigenvalue weighted by molar-refractivity contribution is 0.146. The zero-order valence-electron chi connectivity index (χ0n) is 6.24. The Morgan fingerprint density at radius 2 is 1.92 bits per heavy atom. The molecule has 1 rings (SSSR count). The van der Waals surface area contributed by atoms with Gasteiger partial charge in [-0.05, 0) is 24.6 Å². The maximum Gasteiger partial charge on any atom is 0.268 e. The third-order valence-electron chi connectivity index (χ3n) is 1.44. The lowest BCUT2D eigenvalue weighted by Crippen LogP contribution is -1.93. The highest BCUT2D eigenvalue weighted by atomic mass is 35.5. The van der Waals surface area contributed by atoms with Crippen LogP contribution in [0.2, 0.25) is 5.02 Å². The second-order valence-corrected chi connectivity index (χ2v) is 2.85. The Bertz CT molecular complexity index is 273. The predicted octanol–water partition coefficient (Wildman–Crippen LogP) is 3.73. The van der Waals surface area contributed by atoms with Crippen LogP contribution >= 0.6 is 11.6 Å². The molecule has 0 N–H and O–H groups in total. The standard InChI is InChI=1S/C8H6ClF3/c1-4-2-5(9)7(8(11)12)6(10)3-4/h2-3,8H,1H3. The molecule has 0 spiro atoms. The Balaban J connectivity index is 3.28. The molecular formula is C8H6ClF3. The monoisotopic (exact) mass is 194 g/mol. The highest BCUT2D eigenvalue weighted by Gasteiger charge is 2.17. The summed E-state index contributed by atoms with van der Waals surface area (Å²) in [7, 11) is 0. The van der Waals surface area contributed by atoms with Crippen LogP contribution in [0.3, 0.4) is 0 Å². The summed E-state index contributed by atoms with van der Waals surface area (Å²) in [6.45, 7) is 1.59. The zero-order valence-corrected chi connectivity index (χ0v) is 7.00. The van der Waals surface area contributed by atoms with Crippen LogP contribution in [0.5, 0.6) is 0 Å². The van der Waals surface area contributed by atoms with Gasteiger partial charge in [0.1, 0.15) is 5.82 Å². The molecule has 0 bridgehead atoms. The zero-order chi connectivity index (χ0) is 9.30. The topological polar surface area (TPSA) is 0 Å². The van der Waals surface area contributed by atoms with Crippen molar-refractivity contribution < 1.29 is 13.2 Å². The third kappa shape index (κ3) is 1.72. The van der Waals surface area contributed by atoms with Gasteiger partial charge < -0.3 is 0 Å². The van der Waals surface area contributed by atoms with Crippen molar-refractivity contribution in [3.8, 4) is 0 Å². The van der Waals surface area contributed by atoms with Crippen molar-refractivity contribution in [1.29, 1.82) is 0 Å². The highest BCUT2D eigenvalue weighted by Crippen LogP contribution is 2.30. The average Bonchev–Trinajstić information content (AvgIpc) is 1.82. The van der Waals surface area contributed by atoms with Gasteiger partial charge >= 0.3 is 0 Å². The van der Waals surface area contributed by atoms with Crippen LogP contribution < -0.4 is 0 Å². The van der Waals surface area contributed by atoms with Gasteiger partial charge in [-0.15, -0.1) is 0 Å². The van der Waals surface area contributed by atoms with Crippen LogP contribution in [-0.4, -0.2) is 0 Å². The van der Waals surface area contributed by atoms with Crippen LogP contribution in [0.1, 0.15) is 17.6 Å². The maximum absolute atomic E-state index is 12.8. The van der Waals surface area contributed by atoms with E-state index < -0.39 is 17.8 Å². The first-order valence-corrected chi connectivity index (χ1v) is 3.64. The summed E-state index contributed by atoms with van der Waals surface area (Å²) in [4.78, 5) is 0. The maximum atomic E-state index is 12.8. The molecule has 0 aromatic heterocycles. The van der Waals surface area contributed by atoms with Gasteiger partial charge in [-0.25, -0.2) is 13.2 Å². The van der Waals surface area contributed by atoms with Gasteiger partial charge in [-0.3, -0.25) is 0 Å². The minimum absolute atomic E-state index is 0.220. The summed E-state index contributed by atoms with van der Waals surface area (Å²) in [5, 5.41) is -0.220. The van der Waals surface area contributed by atoms with E-state index >= 15 is 0 Å². The Morgan fingerprint density at radius 3 is 2.33 bits per heavy atom. The van der Waals surface area contributed by atoms with E-state index in [2.05, 4.69) is 0 Å². The molecule has 0 aliphatic heterocycles. The van der Waals surface area contributed by atoms with Crippen LogP contribution in [-0.2, 0) is 0 Å². The minimum atomic E-state index is -2.86. The molecule has 0 unspecified atom stereocenters. The second-order valence-electron chi connectivity index (χ2n) is 2.44. The van der Waals surface area contributed by atoms with Gasteiger partial charge in [0.15, 0.2) is 0 Å². The van der Waals surface area contributed by atoms with Crippen molar-refractivity contribution in [3.63, 3.8) is 0 Å². The van der Waals surface area contributed by atoms with Crippen molar-refractivity contribution in [2.75, 3.05) is 0 Å². The molecule has 1 aromatic rings. The molecule has 66 valence electrons. The quantitative estimate of drug-likeness (QED) is 0.639. The lowest BCUT2D eigenvalue weighted by Gasteiger charge is -2.05. The van der Waals surface area contributed by atoms with Crippen molar-refractivity contribution in [3.05, 3.63) is 34.1 Å². The fourth-order valence-electron chi connectivity index (χ4n) is 0.919. The summed E-state index contributed by atoms with van der Waals surface area (Å²) in [5.41, 5.74) is -0.191. The third-order valence-corrected chi connectivity index (χ3v) is 1.75. The number of hydrogen-bond acceptors (Lipinski definition) is 0. The van der Waals surface area contributed by atoms with Gasteiger partial charge in [0.25, 0.3) is 6.43 Å². The smallest absolute Gasteiger partial charge is 0.206 e. The van der Waals surface area contributed by atoms with E-state index in [0.717, 1.165) is 6.07 Å². The molecule has 0 nitrogen and oxygen atoms in total.